The third-order valence-corrected chi connectivity index (χ3v) is 5.64. The summed E-state index contributed by atoms with van der Waals surface area (Å²) in [5.74, 6) is 0.0717. The van der Waals surface area contributed by atoms with Crippen molar-refractivity contribution in [2.24, 2.45) is 5.92 Å². The summed E-state index contributed by atoms with van der Waals surface area (Å²) >= 11 is 0. The highest BCUT2D eigenvalue weighted by Gasteiger charge is 2.21. The molecule has 3 nitrogen and oxygen atoms in total. The van der Waals surface area contributed by atoms with Crippen molar-refractivity contribution in [3.8, 4) is 5.75 Å². The first-order chi connectivity index (χ1) is 13.6. The number of piperidine rings is 1. The average Bonchev–Trinajstić information content (AvgIpc) is 2.71. The van der Waals surface area contributed by atoms with E-state index in [1.807, 2.05) is 19.2 Å². The molecule has 0 atom stereocenters. The Balaban J connectivity index is 1.42. The molecule has 0 aliphatic carbocycles. The van der Waals surface area contributed by atoms with Gasteiger partial charge >= 0.3 is 0 Å². The Morgan fingerprint density at radius 1 is 1.04 bits per heavy atom. The lowest BCUT2D eigenvalue weighted by Crippen LogP contribution is -2.38. The molecule has 1 aliphatic rings. The zero-order valence-corrected chi connectivity index (χ0v) is 16.8. The predicted molar refractivity (Wildman–Crippen MR) is 109 cm³/mol. The van der Waals surface area contributed by atoms with Gasteiger partial charge in [-0.3, -0.25) is 0 Å². The molecule has 1 fully saturated rings. The first-order valence-corrected chi connectivity index (χ1v) is 10.0. The summed E-state index contributed by atoms with van der Waals surface area (Å²) in [5.41, 5.74) is 1.68. The number of hydrogen-bond acceptors (Lipinski definition) is 3. The number of benzene rings is 2. The molecule has 0 bridgehead atoms. The Morgan fingerprint density at radius 2 is 1.75 bits per heavy atom. The van der Waals surface area contributed by atoms with Crippen molar-refractivity contribution < 1.29 is 13.5 Å². The first kappa shape index (κ1) is 20.7. The Kier molecular flexibility index (Phi) is 7.40. The average molecular weight is 389 g/mol. The van der Waals surface area contributed by atoms with Crippen LogP contribution >= 0.6 is 0 Å². The maximum absolute atomic E-state index is 13.9. The minimum Gasteiger partial charge on any atom is -0.496 e. The Hall–Kier alpha value is -1.98. The van der Waals surface area contributed by atoms with Gasteiger partial charge in [-0.15, -0.1) is 0 Å². The smallest absolute Gasteiger partial charge is 0.163 e. The second kappa shape index (κ2) is 9.99. The van der Waals surface area contributed by atoms with Gasteiger partial charge in [0.15, 0.2) is 11.6 Å². The standard InChI is InChI=1S/C23H30F2N2O/c1-26(17-20-7-5-8-21(24)23(20)25)16-18-10-13-27(14-11-18)15-12-19-6-3-4-9-22(19)28-2/h3-9,18H,10-17H2,1-2H3. The highest BCUT2D eigenvalue weighted by atomic mass is 19.2. The van der Waals surface area contributed by atoms with Crippen LogP contribution in [0.5, 0.6) is 5.75 Å². The molecule has 1 aliphatic heterocycles. The minimum atomic E-state index is -0.769. The summed E-state index contributed by atoms with van der Waals surface area (Å²) in [4.78, 5) is 4.61. The Bertz CT molecular complexity index is 760. The van der Waals surface area contributed by atoms with Gasteiger partial charge in [-0.25, -0.2) is 8.78 Å². The summed E-state index contributed by atoms with van der Waals surface area (Å²) in [6.45, 7) is 4.56. The number of halogens is 2. The van der Waals surface area contributed by atoms with Gasteiger partial charge in [0, 0.05) is 25.2 Å². The van der Waals surface area contributed by atoms with Crippen LogP contribution < -0.4 is 4.74 Å². The molecule has 0 aromatic heterocycles. The van der Waals surface area contributed by atoms with Gasteiger partial charge < -0.3 is 14.5 Å². The van der Waals surface area contributed by atoms with Gasteiger partial charge in [0.25, 0.3) is 0 Å². The molecule has 0 amide bonds. The second-order valence-corrected chi connectivity index (χ2v) is 7.76. The largest absolute Gasteiger partial charge is 0.496 e. The summed E-state index contributed by atoms with van der Waals surface area (Å²) in [6.07, 6.45) is 3.28. The highest BCUT2D eigenvalue weighted by Crippen LogP contribution is 2.22. The predicted octanol–water partition coefficient (Wildman–Crippen LogP) is 4.36. The molecule has 0 radical (unpaired) electrons. The maximum atomic E-state index is 13.9. The van der Waals surface area contributed by atoms with Crippen LogP contribution in [-0.4, -0.2) is 50.1 Å². The molecule has 0 saturated carbocycles. The van der Waals surface area contributed by atoms with E-state index >= 15 is 0 Å². The number of rotatable bonds is 8. The van der Waals surface area contributed by atoms with E-state index in [2.05, 4.69) is 21.9 Å². The number of para-hydroxylation sites is 1. The topological polar surface area (TPSA) is 15.7 Å². The molecule has 5 heteroatoms. The van der Waals surface area contributed by atoms with Gasteiger partial charge in [-0.1, -0.05) is 30.3 Å². The van der Waals surface area contributed by atoms with Gasteiger partial charge in [0.1, 0.15) is 5.75 Å². The fraction of sp³-hybridized carbons (Fsp3) is 0.478. The van der Waals surface area contributed by atoms with E-state index < -0.39 is 11.6 Å². The zero-order valence-electron chi connectivity index (χ0n) is 16.8. The molecule has 28 heavy (non-hydrogen) atoms. The molecule has 1 saturated heterocycles. The third kappa shape index (κ3) is 5.52. The van der Waals surface area contributed by atoms with E-state index in [1.165, 1.54) is 11.6 Å². The van der Waals surface area contributed by atoms with Crippen LogP contribution in [0.4, 0.5) is 8.78 Å². The number of likely N-dealkylation sites (tertiary alicyclic amines) is 1. The lowest BCUT2D eigenvalue weighted by molar-refractivity contribution is 0.152. The van der Waals surface area contributed by atoms with Crippen LogP contribution in [0.25, 0.3) is 0 Å². The summed E-state index contributed by atoms with van der Waals surface area (Å²) < 4.78 is 32.7. The van der Waals surface area contributed by atoms with E-state index in [9.17, 15) is 8.78 Å². The quantitative estimate of drug-likeness (QED) is 0.668. The van der Waals surface area contributed by atoms with E-state index in [1.54, 1.807) is 19.2 Å². The van der Waals surface area contributed by atoms with Crippen molar-refractivity contribution in [1.29, 1.82) is 0 Å². The van der Waals surface area contributed by atoms with Crippen molar-refractivity contribution in [2.75, 3.05) is 40.3 Å². The fourth-order valence-electron chi connectivity index (χ4n) is 4.05. The van der Waals surface area contributed by atoms with E-state index in [4.69, 9.17) is 4.74 Å². The van der Waals surface area contributed by atoms with Gasteiger partial charge in [-0.05, 0) is 63.0 Å². The molecule has 3 rings (SSSR count). The number of ether oxygens (including phenoxy) is 1. The van der Waals surface area contributed by atoms with E-state index in [0.717, 1.165) is 51.2 Å². The normalized spacial score (nSPS) is 15.9. The van der Waals surface area contributed by atoms with Crippen LogP contribution in [-0.2, 0) is 13.0 Å². The number of hydrogen-bond donors (Lipinski definition) is 0. The Labute approximate surface area is 166 Å². The fourth-order valence-corrected chi connectivity index (χ4v) is 4.05. The van der Waals surface area contributed by atoms with Gasteiger partial charge in [-0.2, -0.15) is 0 Å². The monoisotopic (exact) mass is 388 g/mol. The summed E-state index contributed by atoms with van der Waals surface area (Å²) in [6, 6.07) is 12.6. The second-order valence-electron chi connectivity index (χ2n) is 7.76. The van der Waals surface area contributed by atoms with Crippen LogP contribution in [0.1, 0.15) is 24.0 Å². The number of nitrogens with zero attached hydrogens (tertiary/aromatic N) is 2. The van der Waals surface area contributed by atoms with Crippen molar-refractivity contribution in [3.63, 3.8) is 0 Å². The molecule has 2 aromatic carbocycles. The zero-order chi connectivity index (χ0) is 19.9. The van der Waals surface area contributed by atoms with Crippen LogP contribution in [0, 0.1) is 17.6 Å². The van der Waals surface area contributed by atoms with Crippen LogP contribution in [0.15, 0.2) is 42.5 Å². The molecule has 152 valence electrons. The molecule has 0 N–H and O–H groups in total. The maximum Gasteiger partial charge on any atom is 0.163 e. The first-order valence-electron chi connectivity index (χ1n) is 10.0. The molecular formula is C23H30F2N2O. The number of methoxy groups -OCH3 is 1. The lowest BCUT2D eigenvalue weighted by Gasteiger charge is -2.34. The van der Waals surface area contributed by atoms with Gasteiger partial charge in [0.2, 0.25) is 0 Å². The third-order valence-electron chi connectivity index (χ3n) is 5.64. The SMILES string of the molecule is COc1ccccc1CCN1CCC(CN(C)Cc2cccc(F)c2F)CC1. The van der Waals surface area contributed by atoms with Gasteiger partial charge in [0.05, 0.1) is 7.11 Å². The molecule has 0 unspecified atom stereocenters. The van der Waals surface area contributed by atoms with Crippen molar-refractivity contribution >= 4 is 0 Å². The molecule has 1 heterocycles. The van der Waals surface area contributed by atoms with E-state index in [-0.39, 0.29) is 0 Å². The molecular weight excluding hydrogens is 358 g/mol. The van der Waals surface area contributed by atoms with Crippen LogP contribution in [0.2, 0.25) is 0 Å². The van der Waals surface area contributed by atoms with Crippen molar-refractivity contribution in [2.45, 2.75) is 25.8 Å². The van der Waals surface area contributed by atoms with Crippen molar-refractivity contribution in [3.05, 3.63) is 65.2 Å². The Morgan fingerprint density at radius 3 is 2.50 bits per heavy atom. The molecule has 2 aromatic rings. The van der Waals surface area contributed by atoms with Crippen LogP contribution in [0.3, 0.4) is 0 Å². The molecule has 0 spiro atoms. The lowest BCUT2D eigenvalue weighted by atomic mass is 9.95. The summed E-state index contributed by atoms with van der Waals surface area (Å²) in [7, 11) is 3.70. The minimum absolute atomic E-state index is 0.428. The van der Waals surface area contributed by atoms with E-state index in [0.29, 0.717) is 18.0 Å². The summed E-state index contributed by atoms with van der Waals surface area (Å²) in [5, 5.41) is 0. The highest BCUT2D eigenvalue weighted by molar-refractivity contribution is 5.33. The van der Waals surface area contributed by atoms with Crippen molar-refractivity contribution in [1.82, 2.24) is 9.80 Å².